The average molecular weight is 462 g/mol. The molecule has 0 bridgehead atoms. The Morgan fingerprint density at radius 2 is 1.88 bits per heavy atom. The van der Waals surface area contributed by atoms with Crippen molar-refractivity contribution in [1.82, 2.24) is 0 Å². The molecule has 0 unspecified atom stereocenters. The summed E-state index contributed by atoms with van der Waals surface area (Å²) in [6, 6.07) is 12.5. The first-order valence-corrected chi connectivity index (χ1v) is 10.8. The number of ether oxygens (including phenoxy) is 1. The molecule has 3 aromatic carbocycles. The number of nitrogens with zero attached hydrogens (tertiary/aromatic N) is 4. The van der Waals surface area contributed by atoms with Crippen LogP contribution >= 0.6 is 0 Å². The fourth-order valence-electron chi connectivity index (χ4n) is 3.94. The number of esters is 1. The molecule has 0 aliphatic carbocycles. The van der Waals surface area contributed by atoms with Crippen molar-refractivity contribution in [2.45, 2.75) is 19.8 Å². The van der Waals surface area contributed by atoms with Gasteiger partial charge in [-0.3, -0.25) is 19.7 Å². The molecule has 1 aliphatic heterocycles. The molecular formula is C24H22N4O6. The van der Waals surface area contributed by atoms with Gasteiger partial charge >= 0.3 is 5.97 Å². The summed E-state index contributed by atoms with van der Waals surface area (Å²) in [6.45, 7) is 2.82. The molecule has 4 rings (SSSR count). The molecule has 0 spiro atoms. The van der Waals surface area contributed by atoms with Gasteiger partial charge in [0.15, 0.2) is 5.78 Å². The van der Waals surface area contributed by atoms with Gasteiger partial charge in [-0.2, -0.15) is 0 Å². The Morgan fingerprint density at radius 1 is 1.15 bits per heavy atom. The van der Waals surface area contributed by atoms with Crippen molar-refractivity contribution >= 4 is 45.3 Å². The van der Waals surface area contributed by atoms with Crippen molar-refractivity contribution in [3.05, 3.63) is 64.2 Å². The number of rotatable bonds is 7. The lowest BCUT2D eigenvalue weighted by atomic mass is 9.99. The predicted octanol–water partition coefficient (Wildman–Crippen LogP) is 5.22. The highest BCUT2D eigenvalue weighted by Crippen LogP contribution is 2.39. The molecule has 174 valence electrons. The summed E-state index contributed by atoms with van der Waals surface area (Å²) >= 11 is 0. The van der Waals surface area contributed by atoms with Gasteiger partial charge in [0.2, 0.25) is 0 Å². The number of fused-ring (bicyclic) bond motifs is 2. The normalized spacial score (nSPS) is 13.3. The summed E-state index contributed by atoms with van der Waals surface area (Å²) in [5, 5.41) is 31.2. The van der Waals surface area contributed by atoms with Crippen LogP contribution in [-0.2, 0) is 9.53 Å². The number of Topliss-reactive ketones (excluding diaryl/α,β-unsaturated/α-hetero) is 1. The van der Waals surface area contributed by atoms with E-state index in [1.54, 1.807) is 31.2 Å². The lowest BCUT2D eigenvalue weighted by Gasteiger charge is -2.30. The van der Waals surface area contributed by atoms with E-state index in [-0.39, 0.29) is 41.7 Å². The number of hydrogen-bond acceptors (Lipinski definition) is 9. The first kappa shape index (κ1) is 22.8. The quantitative estimate of drug-likeness (QED) is 0.220. The number of non-ortho nitro benzene ring substituents is 1. The number of carbonyl (C=O) groups excluding carboxylic acids is 2. The van der Waals surface area contributed by atoms with Crippen molar-refractivity contribution in [3.8, 4) is 5.75 Å². The first-order chi connectivity index (χ1) is 16.4. The standard InChI is InChI=1S/C24H22N4O6/c1-2-34-24(31)10-12-27-11-9-22(29)17-13-19(23(30)14-21(17)27)26-25-18-7-8-20(28(32)33)16-6-4-3-5-15(16)18/h3-8,13-14,30H,2,9-12H2,1H3. The maximum absolute atomic E-state index is 12.5. The molecule has 0 aromatic heterocycles. The first-order valence-electron chi connectivity index (χ1n) is 10.8. The van der Waals surface area contributed by atoms with Crippen molar-refractivity contribution in [2.24, 2.45) is 10.2 Å². The number of phenolic OH excluding ortho intramolecular Hbond substituents is 1. The zero-order chi connectivity index (χ0) is 24.2. The Kier molecular flexibility index (Phi) is 6.48. The summed E-state index contributed by atoms with van der Waals surface area (Å²) in [5.74, 6) is -0.602. The van der Waals surface area contributed by atoms with E-state index in [0.29, 0.717) is 47.4 Å². The highest BCUT2D eigenvalue weighted by Gasteiger charge is 2.25. The van der Waals surface area contributed by atoms with E-state index in [4.69, 9.17) is 4.74 Å². The predicted molar refractivity (Wildman–Crippen MR) is 125 cm³/mol. The third-order valence-electron chi connectivity index (χ3n) is 5.57. The van der Waals surface area contributed by atoms with Crippen LogP contribution in [0.4, 0.5) is 22.7 Å². The van der Waals surface area contributed by atoms with Crippen molar-refractivity contribution < 1.29 is 24.4 Å². The molecule has 1 N–H and O–H groups in total. The molecule has 1 heterocycles. The average Bonchev–Trinajstić information content (AvgIpc) is 2.82. The number of phenols is 1. The van der Waals surface area contributed by atoms with Crippen LogP contribution in [0, 0.1) is 10.1 Å². The summed E-state index contributed by atoms with van der Waals surface area (Å²) in [5.41, 5.74) is 1.36. The molecule has 34 heavy (non-hydrogen) atoms. The molecule has 0 fully saturated rings. The maximum Gasteiger partial charge on any atom is 0.307 e. The van der Waals surface area contributed by atoms with Gasteiger partial charge in [-0.15, -0.1) is 10.2 Å². The highest BCUT2D eigenvalue weighted by molar-refractivity contribution is 6.04. The van der Waals surface area contributed by atoms with Crippen LogP contribution in [0.5, 0.6) is 5.75 Å². The number of carbonyl (C=O) groups is 2. The number of nitro groups is 1. The SMILES string of the molecule is CCOC(=O)CCN1CCC(=O)c2cc(N=Nc3ccc([N+](=O)[O-])c4ccccc34)c(O)cc21. The lowest BCUT2D eigenvalue weighted by Crippen LogP contribution is -2.34. The van der Waals surface area contributed by atoms with Crippen molar-refractivity contribution in [3.63, 3.8) is 0 Å². The molecule has 0 saturated carbocycles. The highest BCUT2D eigenvalue weighted by atomic mass is 16.6. The number of ketones is 1. The number of nitro benzene ring substituents is 1. The third kappa shape index (κ3) is 4.56. The Hall–Kier alpha value is -4.34. The largest absolute Gasteiger partial charge is 0.506 e. The van der Waals surface area contributed by atoms with E-state index < -0.39 is 4.92 Å². The summed E-state index contributed by atoms with van der Waals surface area (Å²) in [7, 11) is 0. The summed E-state index contributed by atoms with van der Waals surface area (Å²) < 4.78 is 4.96. The third-order valence-corrected chi connectivity index (χ3v) is 5.57. The van der Waals surface area contributed by atoms with E-state index in [1.807, 2.05) is 4.90 Å². The van der Waals surface area contributed by atoms with E-state index in [1.165, 1.54) is 24.3 Å². The zero-order valence-corrected chi connectivity index (χ0v) is 18.4. The smallest absolute Gasteiger partial charge is 0.307 e. The second-order valence-electron chi connectivity index (χ2n) is 7.68. The zero-order valence-electron chi connectivity index (χ0n) is 18.4. The van der Waals surface area contributed by atoms with Gasteiger partial charge in [0.1, 0.15) is 11.4 Å². The molecule has 10 nitrogen and oxygen atoms in total. The molecule has 3 aromatic rings. The number of benzene rings is 3. The topological polar surface area (TPSA) is 135 Å². The summed E-state index contributed by atoms with van der Waals surface area (Å²) in [6.07, 6.45) is 0.432. The van der Waals surface area contributed by atoms with Gasteiger partial charge in [0.05, 0.1) is 34.7 Å². The molecule has 0 saturated heterocycles. The minimum absolute atomic E-state index is 0.0420. The minimum Gasteiger partial charge on any atom is -0.506 e. The van der Waals surface area contributed by atoms with E-state index in [9.17, 15) is 24.8 Å². The minimum atomic E-state index is -0.460. The van der Waals surface area contributed by atoms with E-state index in [2.05, 4.69) is 10.2 Å². The molecule has 0 radical (unpaired) electrons. The number of hydrogen-bond donors (Lipinski definition) is 1. The monoisotopic (exact) mass is 462 g/mol. The lowest BCUT2D eigenvalue weighted by molar-refractivity contribution is -0.383. The van der Waals surface area contributed by atoms with E-state index in [0.717, 1.165) is 0 Å². The fraction of sp³-hybridized carbons (Fsp3) is 0.250. The second-order valence-corrected chi connectivity index (χ2v) is 7.68. The second kappa shape index (κ2) is 9.65. The van der Waals surface area contributed by atoms with Crippen LogP contribution in [-0.4, -0.2) is 41.5 Å². The Bertz CT molecular complexity index is 1320. The fourth-order valence-corrected chi connectivity index (χ4v) is 3.94. The van der Waals surface area contributed by atoms with Crippen LogP contribution in [0.25, 0.3) is 10.8 Å². The maximum atomic E-state index is 12.5. The number of azo groups is 1. The molecular weight excluding hydrogens is 440 g/mol. The van der Waals surface area contributed by atoms with Crippen LogP contribution in [0.3, 0.4) is 0 Å². The van der Waals surface area contributed by atoms with Crippen LogP contribution < -0.4 is 4.90 Å². The van der Waals surface area contributed by atoms with Gasteiger partial charge in [-0.1, -0.05) is 18.2 Å². The Morgan fingerprint density at radius 3 is 2.62 bits per heavy atom. The molecule has 10 heteroatoms. The van der Waals surface area contributed by atoms with Crippen LogP contribution in [0.1, 0.15) is 30.1 Å². The van der Waals surface area contributed by atoms with Gasteiger partial charge in [0.25, 0.3) is 5.69 Å². The van der Waals surface area contributed by atoms with E-state index >= 15 is 0 Å². The van der Waals surface area contributed by atoms with Gasteiger partial charge in [-0.05, 0) is 25.1 Å². The van der Waals surface area contributed by atoms with Crippen molar-refractivity contribution in [2.75, 3.05) is 24.6 Å². The van der Waals surface area contributed by atoms with Crippen LogP contribution in [0.2, 0.25) is 0 Å². The number of anilines is 1. The van der Waals surface area contributed by atoms with Crippen molar-refractivity contribution in [1.29, 1.82) is 0 Å². The van der Waals surface area contributed by atoms with Gasteiger partial charge in [-0.25, -0.2) is 0 Å². The molecule has 1 aliphatic rings. The van der Waals surface area contributed by atoms with Gasteiger partial charge < -0.3 is 14.7 Å². The molecule has 0 amide bonds. The Balaban J connectivity index is 1.65. The summed E-state index contributed by atoms with van der Waals surface area (Å²) in [4.78, 5) is 37.0. The number of aromatic hydroxyl groups is 1. The Labute approximate surface area is 194 Å². The van der Waals surface area contributed by atoms with Crippen LogP contribution in [0.15, 0.2) is 58.8 Å². The molecule has 0 atom stereocenters. The van der Waals surface area contributed by atoms with Gasteiger partial charge in [0, 0.05) is 42.6 Å².